The fourth-order valence-corrected chi connectivity index (χ4v) is 11.1. The highest BCUT2D eigenvalue weighted by atomic mass is 35.5. The first-order valence-electron chi connectivity index (χ1n) is 24.2. The Balaban J connectivity index is 0.655. The van der Waals surface area contributed by atoms with Gasteiger partial charge in [-0.2, -0.15) is 0 Å². The van der Waals surface area contributed by atoms with Gasteiger partial charge in [0.1, 0.15) is 29.8 Å². The first kappa shape index (κ1) is 49.3. The molecule has 3 aromatic carbocycles. The number of unbranched alkanes of at least 4 members (excludes halogenated alkanes) is 7. The van der Waals surface area contributed by atoms with Crippen LogP contribution in [0.25, 0.3) is 10.9 Å². The van der Waals surface area contributed by atoms with Crippen LogP contribution in [0.3, 0.4) is 0 Å². The van der Waals surface area contributed by atoms with Gasteiger partial charge in [-0.3, -0.25) is 34.3 Å². The number of anilines is 3. The lowest BCUT2D eigenvalue weighted by Gasteiger charge is -2.42. The summed E-state index contributed by atoms with van der Waals surface area (Å²) in [6.45, 7) is 8.91. The lowest BCUT2D eigenvalue weighted by atomic mass is 10.0. The molecule has 4 aromatic rings. The minimum atomic E-state index is -0.579. The van der Waals surface area contributed by atoms with E-state index in [4.69, 9.17) is 16.3 Å². The Bertz CT molecular complexity index is 2460. The Kier molecular flexibility index (Phi) is 17.4. The average Bonchev–Trinajstić information content (AvgIpc) is 3.68. The molecule has 4 aliphatic heterocycles. The van der Waals surface area contributed by atoms with Crippen LogP contribution in [0.5, 0.6) is 5.75 Å². The molecule has 3 fully saturated rings. The number of hydrogen-bond donors (Lipinski definition) is 3. The van der Waals surface area contributed by atoms with Gasteiger partial charge in [-0.05, 0) is 99.5 Å². The van der Waals surface area contributed by atoms with E-state index in [9.17, 15) is 23.6 Å². The number of aromatic nitrogens is 2. The third-order valence-corrected chi connectivity index (χ3v) is 15.2. The lowest BCUT2D eigenvalue weighted by molar-refractivity contribution is -0.137. The number of halogens is 2. The van der Waals surface area contributed by atoms with Crippen molar-refractivity contribution in [2.45, 2.75) is 101 Å². The van der Waals surface area contributed by atoms with Crippen molar-refractivity contribution < 1.29 is 28.3 Å². The molecule has 4 aliphatic rings. The SMILES string of the molecule is COc1cc2ncnc(Nc3ccc(F)c(Cl)c3)c2cc1NC(=O)/C=C/CN1CCC(N2CCN(CCCCCCCCCCSc3cccc4c3CN(C3CCC(=O)NC3=O)C4=O)CC2)CC1. The van der Waals surface area contributed by atoms with E-state index in [-0.39, 0.29) is 35.1 Å². The zero-order valence-corrected chi connectivity index (χ0v) is 40.5. The highest BCUT2D eigenvalue weighted by Crippen LogP contribution is 2.36. The van der Waals surface area contributed by atoms with Crippen molar-refractivity contribution in [2.75, 3.05) is 75.9 Å². The smallest absolute Gasteiger partial charge is 0.255 e. The number of imide groups is 1. The molecule has 0 aliphatic carbocycles. The molecule has 3 N–H and O–H groups in total. The number of fused-ring (bicyclic) bond motifs is 2. The van der Waals surface area contributed by atoms with Crippen LogP contribution >= 0.6 is 23.4 Å². The van der Waals surface area contributed by atoms with Gasteiger partial charge in [0.05, 0.1) is 23.3 Å². The van der Waals surface area contributed by atoms with Gasteiger partial charge in [-0.15, -0.1) is 11.8 Å². The molecule has 5 heterocycles. The number of amides is 4. The number of nitrogens with zero attached hydrogens (tertiary/aromatic N) is 6. The molecular formula is C51H63ClFN9O5S. The molecule has 17 heteroatoms. The van der Waals surface area contributed by atoms with E-state index in [1.165, 1.54) is 70.0 Å². The molecule has 3 saturated heterocycles. The normalized spacial score (nSPS) is 18.7. The summed E-state index contributed by atoms with van der Waals surface area (Å²) in [7, 11) is 1.54. The minimum absolute atomic E-state index is 0.00474. The van der Waals surface area contributed by atoms with Gasteiger partial charge >= 0.3 is 0 Å². The van der Waals surface area contributed by atoms with Gasteiger partial charge in [0.15, 0.2) is 0 Å². The molecular weight excluding hydrogens is 905 g/mol. The second kappa shape index (κ2) is 23.9. The number of piperazine rings is 1. The molecule has 1 atom stereocenters. The van der Waals surface area contributed by atoms with E-state index in [0.29, 0.717) is 65.0 Å². The van der Waals surface area contributed by atoms with E-state index in [0.717, 1.165) is 74.7 Å². The molecule has 362 valence electrons. The van der Waals surface area contributed by atoms with Crippen LogP contribution in [0.1, 0.15) is 93.0 Å². The monoisotopic (exact) mass is 967 g/mol. The first-order chi connectivity index (χ1) is 33.1. The summed E-state index contributed by atoms with van der Waals surface area (Å²) < 4.78 is 19.3. The predicted molar refractivity (Wildman–Crippen MR) is 266 cm³/mol. The fraction of sp³-hybridized carbons (Fsp3) is 0.490. The van der Waals surface area contributed by atoms with Crippen LogP contribution in [0, 0.1) is 5.82 Å². The second-order valence-corrected chi connectivity index (χ2v) is 19.7. The molecule has 1 aromatic heterocycles. The minimum Gasteiger partial charge on any atom is -0.494 e. The maximum atomic E-state index is 13.7. The number of carbonyl (C=O) groups excluding carboxylic acids is 4. The average molecular weight is 969 g/mol. The Hall–Kier alpha value is -5.13. The van der Waals surface area contributed by atoms with Crippen LogP contribution in [0.15, 0.2) is 71.9 Å². The largest absolute Gasteiger partial charge is 0.494 e. The molecule has 0 bridgehead atoms. The van der Waals surface area contributed by atoms with Crippen LogP contribution in [-0.4, -0.2) is 131 Å². The lowest BCUT2D eigenvalue weighted by Crippen LogP contribution is -2.53. The summed E-state index contributed by atoms with van der Waals surface area (Å²) >= 11 is 7.79. The Morgan fingerprint density at radius 1 is 0.912 bits per heavy atom. The fourth-order valence-electron chi connectivity index (χ4n) is 9.84. The quantitative estimate of drug-likeness (QED) is 0.0318. The zero-order chi connectivity index (χ0) is 47.4. The number of carbonyl (C=O) groups is 4. The maximum absolute atomic E-state index is 13.7. The second-order valence-electron chi connectivity index (χ2n) is 18.2. The zero-order valence-electron chi connectivity index (χ0n) is 39.0. The maximum Gasteiger partial charge on any atom is 0.255 e. The van der Waals surface area contributed by atoms with Crippen molar-refractivity contribution in [1.29, 1.82) is 0 Å². The number of nitrogens with one attached hydrogen (secondary N) is 3. The van der Waals surface area contributed by atoms with E-state index in [2.05, 4.69) is 46.7 Å². The summed E-state index contributed by atoms with van der Waals surface area (Å²) in [5.41, 5.74) is 3.36. The van der Waals surface area contributed by atoms with Gasteiger partial charge in [0.2, 0.25) is 17.7 Å². The molecule has 8 rings (SSSR count). The summed E-state index contributed by atoms with van der Waals surface area (Å²) in [6, 6.07) is 13.8. The number of ether oxygens (including phenoxy) is 1. The third-order valence-electron chi connectivity index (χ3n) is 13.7. The summed E-state index contributed by atoms with van der Waals surface area (Å²) in [5.74, 6) is 0.443. The Morgan fingerprint density at radius 3 is 2.43 bits per heavy atom. The van der Waals surface area contributed by atoms with Crippen molar-refractivity contribution in [1.82, 2.24) is 34.9 Å². The van der Waals surface area contributed by atoms with Gasteiger partial charge in [-0.25, -0.2) is 14.4 Å². The van der Waals surface area contributed by atoms with Crippen LogP contribution in [0.4, 0.5) is 21.6 Å². The van der Waals surface area contributed by atoms with Crippen LogP contribution < -0.4 is 20.7 Å². The molecule has 68 heavy (non-hydrogen) atoms. The van der Waals surface area contributed by atoms with E-state index < -0.39 is 11.9 Å². The molecule has 14 nitrogen and oxygen atoms in total. The van der Waals surface area contributed by atoms with Crippen LogP contribution in [-0.2, 0) is 20.9 Å². The topological polar surface area (TPSA) is 152 Å². The Labute approximate surface area is 407 Å². The van der Waals surface area contributed by atoms with Gasteiger partial charge in [-0.1, -0.05) is 62.3 Å². The molecule has 0 saturated carbocycles. The number of thioether (sulfide) groups is 1. The van der Waals surface area contributed by atoms with Crippen molar-refractivity contribution in [3.8, 4) is 5.75 Å². The van der Waals surface area contributed by atoms with Crippen molar-refractivity contribution in [3.05, 3.63) is 89.0 Å². The number of piperidine rings is 2. The first-order valence-corrected chi connectivity index (χ1v) is 25.6. The molecule has 4 amide bonds. The summed E-state index contributed by atoms with van der Waals surface area (Å²) in [4.78, 5) is 69.5. The Morgan fingerprint density at radius 2 is 1.68 bits per heavy atom. The highest BCUT2D eigenvalue weighted by Gasteiger charge is 2.40. The van der Waals surface area contributed by atoms with Crippen molar-refractivity contribution in [2.24, 2.45) is 0 Å². The van der Waals surface area contributed by atoms with Gasteiger partial charge in [0, 0.05) is 85.4 Å². The number of likely N-dealkylation sites (tertiary alicyclic amines) is 1. The standard InChI is InChI=1S/C51H63ClFN9O5S/c1-67-45-32-42-38(49(55-34-54-42)56-35-15-16-41(53)40(52)30-35)31-43(45)57-47(63)14-11-22-59-23-19-36(20-24-59)61-27-25-60(26-28-61)21-8-6-4-2-3-5-7-9-29-68-46-13-10-12-37-39(46)33-62(51(37)66)44-17-18-48(64)58-50(44)65/h10-16,30-32,34,36,44H,2-9,17-29,33H2,1H3,(H,57,63)(H,54,55,56)(H,58,64,65)/b14-11+. The summed E-state index contributed by atoms with van der Waals surface area (Å²) in [5, 5.41) is 9.14. The van der Waals surface area contributed by atoms with E-state index >= 15 is 0 Å². The molecule has 1 unspecified atom stereocenters. The summed E-state index contributed by atoms with van der Waals surface area (Å²) in [6.07, 6.45) is 17.9. The van der Waals surface area contributed by atoms with Crippen LogP contribution in [0.2, 0.25) is 5.02 Å². The number of methoxy groups -OCH3 is 1. The van der Waals surface area contributed by atoms with Gasteiger partial charge < -0.3 is 25.2 Å². The van der Waals surface area contributed by atoms with Crippen molar-refractivity contribution >= 4 is 75.1 Å². The predicted octanol–water partition coefficient (Wildman–Crippen LogP) is 8.43. The number of hydrogen-bond acceptors (Lipinski definition) is 12. The molecule has 0 spiro atoms. The number of benzene rings is 3. The van der Waals surface area contributed by atoms with Gasteiger partial charge in [0.25, 0.3) is 5.91 Å². The van der Waals surface area contributed by atoms with E-state index in [1.807, 2.05) is 30.0 Å². The van der Waals surface area contributed by atoms with Crippen molar-refractivity contribution in [3.63, 3.8) is 0 Å². The highest BCUT2D eigenvalue weighted by molar-refractivity contribution is 7.99. The third kappa shape index (κ3) is 12.7. The van der Waals surface area contributed by atoms with E-state index in [1.54, 1.807) is 36.3 Å². The molecule has 0 radical (unpaired) electrons. The number of rotatable bonds is 21.